The number of carbonyl (C=O) groups excluding carboxylic acids is 1. The zero-order valence-corrected chi connectivity index (χ0v) is 26.0. The van der Waals surface area contributed by atoms with Crippen molar-refractivity contribution in [3.05, 3.63) is 48.3 Å². The summed E-state index contributed by atoms with van der Waals surface area (Å²) in [5.41, 5.74) is -1.53. The van der Waals surface area contributed by atoms with Gasteiger partial charge < -0.3 is 14.5 Å². The molecule has 0 N–H and O–H groups in total. The highest BCUT2D eigenvalue weighted by atomic mass is 32.2. The molecule has 11 nitrogen and oxygen atoms in total. The molecule has 1 unspecified atom stereocenters. The minimum atomic E-state index is -4.28. The van der Waals surface area contributed by atoms with Crippen LogP contribution in [0.3, 0.4) is 0 Å². The Bertz CT molecular complexity index is 1680. The molecule has 0 aromatic carbocycles. The Labute approximate surface area is 260 Å². The molecule has 242 valence electrons. The molecular formula is C30H36F3N7O4S. The summed E-state index contributed by atoms with van der Waals surface area (Å²) < 4.78 is 74.7. The number of carbonyl (C=O) groups is 1. The first-order valence-electron chi connectivity index (χ1n) is 15.1. The predicted octanol–water partition coefficient (Wildman–Crippen LogP) is 4.68. The van der Waals surface area contributed by atoms with E-state index in [1.807, 2.05) is 16.8 Å². The van der Waals surface area contributed by atoms with Crippen molar-refractivity contribution >= 4 is 27.6 Å². The number of amides is 1. The molecule has 0 radical (unpaired) electrons. The molecule has 3 aromatic heterocycles. The fraction of sp³-hybridized carbons (Fsp3) is 0.533. The van der Waals surface area contributed by atoms with Crippen LogP contribution in [0.5, 0.6) is 5.75 Å². The second-order valence-electron chi connectivity index (χ2n) is 12.2. The van der Waals surface area contributed by atoms with Gasteiger partial charge in [-0.3, -0.25) is 4.79 Å². The molecule has 2 aliphatic heterocycles. The average molecular weight is 648 g/mol. The second kappa shape index (κ2) is 11.8. The molecule has 2 fully saturated rings. The maximum Gasteiger partial charge on any atom is 0.394 e. The first-order chi connectivity index (χ1) is 21.4. The number of ether oxygens (including phenoxy) is 1. The van der Waals surface area contributed by atoms with E-state index >= 15 is 0 Å². The van der Waals surface area contributed by atoms with Crippen LogP contribution in [0.4, 0.5) is 24.8 Å². The maximum absolute atomic E-state index is 13.8. The van der Waals surface area contributed by atoms with Gasteiger partial charge in [0.25, 0.3) is 15.9 Å². The summed E-state index contributed by atoms with van der Waals surface area (Å²) in [4.78, 5) is 26.9. The Hall–Kier alpha value is -3.88. The van der Waals surface area contributed by atoms with E-state index in [0.717, 1.165) is 25.7 Å². The van der Waals surface area contributed by atoms with Crippen LogP contribution in [0.2, 0.25) is 0 Å². The molecule has 6 rings (SSSR count). The van der Waals surface area contributed by atoms with E-state index in [-0.39, 0.29) is 36.5 Å². The van der Waals surface area contributed by atoms with Crippen LogP contribution < -0.4 is 14.5 Å². The number of anilines is 2. The van der Waals surface area contributed by atoms with Gasteiger partial charge in [-0.15, -0.1) is 0 Å². The number of hydrogen-bond donors (Lipinski definition) is 0. The summed E-state index contributed by atoms with van der Waals surface area (Å²) in [5.74, 6) is 1.14. The summed E-state index contributed by atoms with van der Waals surface area (Å²) in [7, 11) is -1.19. The van der Waals surface area contributed by atoms with E-state index in [9.17, 15) is 26.4 Å². The van der Waals surface area contributed by atoms with Crippen molar-refractivity contribution in [2.45, 2.75) is 56.1 Å². The monoisotopic (exact) mass is 647 g/mol. The highest BCUT2D eigenvalue weighted by Gasteiger charge is 2.62. The SMILES string of the molecule is CN1CCCCC2CCN(C2)c2nc(-n3cc(OCCC4(C(F)(F)F)CC4)cn3)ccc2C(=O)N(C)S(=O)(=O)c2cccc1n2. The summed E-state index contributed by atoms with van der Waals surface area (Å²) in [6, 6.07) is 7.82. The molecule has 1 amide bonds. The topological polar surface area (TPSA) is 114 Å². The van der Waals surface area contributed by atoms with Crippen LogP contribution in [-0.2, 0) is 10.0 Å². The third-order valence-electron chi connectivity index (χ3n) is 9.14. The van der Waals surface area contributed by atoms with Crippen molar-refractivity contribution in [2.24, 2.45) is 11.3 Å². The van der Waals surface area contributed by atoms with Crippen molar-refractivity contribution < 1.29 is 31.1 Å². The largest absolute Gasteiger partial charge is 0.490 e. The highest BCUT2D eigenvalue weighted by molar-refractivity contribution is 7.89. The minimum absolute atomic E-state index is 0.0959. The molecule has 0 spiro atoms. The third-order valence-corrected chi connectivity index (χ3v) is 10.8. The van der Waals surface area contributed by atoms with E-state index in [4.69, 9.17) is 9.72 Å². The molecule has 1 saturated heterocycles. The standard InChI is InChI=1S/C30H36F3N7O4S/c1-37-15-4-3-6-21-11-16-39(19-21)27-23(28(41)38(2)45(42,43)26-8-5-7-24(37)35-26)9-10-25(36-27)40-20-22(18-34-40)44-17-14-29(12-13-29)30(31,32)33/h5,7-10,18,20-21H,3-4,6,11-17,19H2,1-2H3. The van der Waals surface area contributed by atoms with Crippen molar-refractivity contribution in [1.29, 1.82) is 0 Å². The van der Waals surface area contributed by atoms with Gasteiger partial charge in [-0.2, -0.15) is 26.7 Å². The first-order valence-corrected chi connectivity index (χ1v) is 16.5. The molecule has 4 bridgehead atoms. The molecule has 3 aliphatic rings. The van der Waals surface area contributed by atoms with Gasteiger partial charge in [0, 0.05) is 33.7 Å². The summed E-state index contributed by atoms with van der Waals surface area (Å²) >= 11 is 0. The zero-order valence-electron chi connectivity index (χ0n) is 25.2. The molecule has 5 heterocycles. The number of sulfonamides is 1. The lowest BCUT2D eigenvalue weighted by Gasteiger charge is -2.25. The van der Waals surface area contributed by atoms with Gasteiger partial charge >= 0.3 is 6.18 Å². The number of alkyl halides is 3. The van der Waals surface area contributed by atoms with Crippen LogP contribution in [0.15, 0.2) is 47.8 Å². The van der Waals surface area contributed by atoms with Crippen LogP contribution in [0.1, 0.15) is 55.3 Å². The smallest absolute Gasteiger partial charge is 0.394 e. The van der Waals surface area contributed by atoms with E-state index in [1.165, 1.54) is 36.3 Å². The quantitative estimate of drug-likeness (QED) is 0.390. The molecule has 1 saturated carbocycles. The van der Waals surface area contributed by atoms with E-state index in [2.05, 4.69) is 10.1 Å². The predicted molar refractivity (Wildman–Crippen MR) is 160 cm³/mol. The molecule has 1 aliphatic carbocycles. The summed E-state index contributed by atoms with van der Waals surface area (Å²) in [6.45, 7) is 1.93. The first kappa shape index (κ1) is 31.1. The summed E-state index contributed by atoms with van der Waals surface area (Å²) in [5, 5.41) is 4.06. The molecule has 3 aromatic rings. The lowest BCUT2D eigenvalue weighted by molar-refractivity contribution is -0.190. The lowest BCUT2D eigenvalue weighted by atomic mass is 10.0. The maximum atomic E-state index is 13.8. The van der Waals surface area contributed by atoms with Crippen LogP contribution in [0, 0.1) is 11.3 Å². The van der Waals surface area contributed by atoms with Gasteiger partial charge in [0.1, 0.15) is 11.6 Å². The Kier molecular flexibility index (Phi) is 8.16. The van der Waals surface area contributed by atoms with Gasteiger partial charge in [0.2, 0.25) is 0 Å². The Morgan fingerprint density at radius 1 is 1.02 bits per heavy atom. The lowest BCUT2D eigenvalue weighted by Crippen LogP contribution is -2.36. The fourth-order valence-corrected chi connectivity index (χ4v) is 7.06. The van der Waals surface area contributed by atoms with E-state index < -0.39 is 27.5 Å². The average Bonchev–Trinajstić information content (AvgIpc) is 3.44. The van der Waals surface area contributed by atoms with Crippen molar-refractivity contribution in [1.82, 2.24) is 24.1 Å². The number of aromatic nitrogens is 4. The normalized spacial score (nSPS) is 21.5. The van der Waals surface area contributed by atoms with Crippen molar-refractivity contribution in [3.63, 3.8) is 0 Å². The second-order valence-corrected chi connectivity index (χ2v) is 14.1. The highest BCUT2D eigenvalue weighted by Crippen LogP contribution is 2.59. The van der Waals surface area contributed by atoms with Gasteiger partial charge in [0.15, 0.2) is 16.6 Å². The molecule has 1 atom stereocenters. The number of hydrogen-bond acceptors (Lipinski definition) is 9. The fourth-order valence-electron chi connectivity index (χ4n) is 6.01. The Morgan fingerprint density at radius 2 is 1.82 bits per heavy atom. The third kappa shape index (κ3) is 6.18. The van der Waals surface area contributed by atoms with Gasteiger partial charge in [-0.05, 0) is 68.7 Å². The number of pyridine rings is 2. The van der Waals surface area contributed by atoms with E-state index in [1.54, 1.807) is 18.2 Å². The summed E-state index contributed by atoms with van der Waals surface area (Å²) in [6.07, 6.45) is 2.62. The van der Waals surface area contributed by atoms with Crippen molar-refractivity contribution in [3.8, 4) is 11.6 Å². The van der Waals surface area contributed by atoms with Gasteiger partial charge in [0.05, 0.1) is 30.0 Å². The zero-order chi connectivity index (χ0) is 32.0. The number of nitrogens with zero attached hydrogens (tertiary/aromatic N) is 7. The number of rotatable bonds is 5. The van der Waals surface area contributed by atoms with Crippen molar-refractivity contribution in [2.75, 3.05) is 50.1 Å². The van der Waals surface area contributed by atoms with Gasteiger partial charge in [-0.25, -0.2) is 19.0 Å². The van der Waals surface area contributed by atoms with Gasteiger partial charge in [-0.1, -0.05) is 12.5 Å². The molecule has 45 heavy (non-hydrogen) atoms. The molecular weight excluding hydrogens is 611 g/mol. The number of halogens is 3. The molecule has 15 heteroatoms. The Balaban J connectivity index is 1.29. The van der Waals surface area contributed by atoms with Crippen LogP contribution in [-0.4, -0.2) is 84.9 Å². The Morgan fingerprint density at radius 3 is 2.58 bits per heavy atom. The minimum Gasteiger partial charge on any atom is -0.490 e. The van der Waals surface area contributed by atoms with E-state index in [0.29, 0.717) is 53.1 Å². The number of fused-ring (bicyclic) bond motifs is 6. The van der Waals surface area contributed by atoms with Crippen LogP contribution >= 0.6 is 0 Å². The van der Waals surface area contributed by atoms with Crippen LogP contribution in [0.25, 0.3) is 5.82 Å².